The number of ether oxygens (including phenoxy) is 10. The molecule has 0 unspecified atom stereocenters. The average Bonchev–Trinajstić information content (AvgIpc) is 3.18. The topological polar surface area (TPSA) is 159 Å². The molecule has 0 aliphatic rings. The highest BCUT2D eigenvalue weighted by Crippen LogP contribution is 2.13. The zero-order valence-corrected chi connectivity index (χ0v) is 34.7. The third kappa shape index (κ3) is 50.5. The zero-order valence-electron chi connectivity index (χ0n) is 34.7. The summed E-state index contributed by atoms with van der Waals surface area (Å²) in [5.74, 6) is -1.24. The molecule has 0 aromatic heterocycles. The van der Waals surface area contributed by atoms with E-state index in [9.17, 15) is 9.59 Å². The Balaban J connectivity index is 3.08. The molecule has 0 aromatic rings. The fourth-order valence-electron chi connectivity index (χ4n) is 5.19. The number of hydrogen-bond donors (Lipinski definition) is 2. The van der Waals surface area contributed by atoms with E-state index in [1.54, 1.807) is 0 Å². The molecular weight excluding hydrogens is 714 g/mol. The van der Waals surface area contributed by atoms with Crippen molar-refractivity contribution in [1.29, 1.82) is 0 Å². The number of nitrogens with one attached hydrogen (secondary N) is 1. The molecular formula is C41H81NO13. The molecule has 0 aliphatic carbocycles. The van der Waals surface area contributed by atoms with Gasteiger partial charge in [-0.3, -0.25) is 9.59 Å². The number of rotatable bonds is 49. The van der Waals surface area contributed by atoms with Gasteiger partial charge in [-0.05, 0) is 12.8 Å². The van der Waals surface area contributed by atoms with Gasteiger partial charge in [0.15, 0.2) is 0 Å². The Kier molecular flexibility index (Phi) is 47.4. The zero-order chi connectivity index (χ0) is 39.8. The van der Waals surface area contributed by atoms with Crippen LogP contribution in [0.5, 0.6) is 0 Å². The monoisotopic (exact) mass is 796 g/mol. The SMILES string of the molecule is CCCCCCCCCCCCCCCCOCCOCCOCCOCCOCCOCCOCCOCCOCCOCCCNC(=O)CCC(=O)O. The highest BCUT2D eigenvalue weighted by atomic mass is 16.6. The van der Waals surface area contributed by atoms with Crippen LogP contribution in [-0.4, -0.2) is 156 Å². The Labute approximate surface area is 333 Å². The molecule has 0 saturated carbocycles. The lowest BCUT2D eigenvalue weighted by Crippen LogP contribution is -2.25. The van der Waals surface area contributed by atoms with Crippen molar-refractivity contribution in [3.63, 3.8) is 0 Å². The Morgan fingerprint density at radius 3 is 0.891 bits per heavy atom. The lowest BCUT2D eigenvalue weighted by Gasteiger charge is -2.09. The number of aliphatic carboxylic acids is 1. The minimum Gasteiger partial charge on any atom is -0.481 e. The van der Waals surface area contributed by atoms with Crippen molar-refractivity contribution in [3.8, 4) is 0 Å². The van der Waals surface area contributed by atoms with Crippen LogP contribution < -0.4 is 5.32 Å². The number of carbonyl (C=O) groups is 2. The van der Waals surface area contributed by atoms with E-state index in [1.165, 1.54) is 83.5 Å². The van der Waals surface area contributed by atoms with Crippen molar-refractivity contribution in [2.75, 3.05) is 139 Å². The molecule has 0 aromatic carbocycles. The van der Waals surface area contributed by atoms with Crippen LogP contribution in [0, 0.1) is 0 Å². The van der Waals surface area contributed by atoms with Gasteiger partial charge in [0.25, 0.3) is 0 Å². The van der Waals surface area contributed by atoms with E-state index in [0.29, 0.717) is 138 Å². The first-order valence-corrected chi connectivity index (χ1v) is 21.4. The Morgan fingerprint density at radius 1 is 0.345 bits per heavy atom. The Morgan fingerprint density at radius 2 is 0.600 bits per heavy atom. The summed E-state index contributed by atoms with van der Waals surface area (Å²) in [7, 11) is 0. The van der Waals surface area contributed by atoms with E-state index >= 15 is 0 Å². The number of unbranched alkanes of at least 4 members (excludes halogenated alkanes) is 13. The lowest BCUT2D eigenvalue weighted by molar-refractivity contribution is -0.138. The first kappa shape index (κ1) is 53.5. The summed E-state index contributed by atoms with van der Waals surface area (Å²) < 4.78 is 55.1. The molecule has 328 valence electrons. The molecule has 0 bridgehead atoms. The van der Waals surface area contributed by atoms with Crippen LogP contribution in [0.15, 0.2) is 0 Å². The maximum atomic E-state index is 11.4. The summed E-state index contributed by atoms with van der Waals surface area (Å²) >= 11 is 0. The van der Waals surface area contributed by atoms with Gasteiger partial charge in [0.05, 0.1) is 125 Å². The summed E-state index contributed by atoms with van der Waals surface area (Å²) in [5.41, 5.74) is 0. The number of carboxylic acid groups (broad SMARTS) is 1. The van der Waals surface area contributed by atoms with Crippen molar-refractivity contribution < 1.29 is 62.1 Å². The number of carbonyl (C=O) groups excluding carboxylic acids is 1. The maximum Gasteiger partial charge on any atom is 0.303 e. The van der Waals surface area contributed by atoms with Crippen LogP contribution in [0.2, 0.25) is 0 Å². The van der Waals surface area contributed by atoms with Crippen LogP contribution in [0.3, 0.4) is 0 Å². The summed E-state index contributed by atoms with van der Waals surface area (Å²) in [6.07, 6.45) is 19.7. The number of amides is 1. The molecule has 0 rings (SSSR count). The van der Waals surface area contributed by atoms with Crippen LogP contribution in [-0.2, 0) is 57.0 Å². The van der Waals surface area contributed by atoms with Gasteiger partial charge < -0.3 is 57.8 Å². The van der Waals surface area contributed by atoms with Crippen molar-refractivity contribution in [2.24, 2.45) is 0 Å². The lowest BCUT2D eigenvalue weighted by atomic mass is 10.0. The van der Waals surface area contributed by atoms with Crippen molar-refractivity contribution >= 4 is 11.9 Å². The van der Waals surface area contributed by atoms with E-state index in [0.717, 1.165) is 13.0 Å². The summed E-state index contributed by atoms with van der Waals surface area (Å²) in [4.78, 5) is 21.8. The van der Waals surface area contributed by atoms with Gasteiger partial charge >= 0.3 is 5.97 Å². The molecule has 0 aliphatic heterocycles. The minimum absolute atomic E-state index is 0.00731. The summed E-state index contributed by atoms with van der Waals surface area (Å²) in [6.45, 7) is 13.3. The summed E-state index contributed by atoms with van der Waals surface area (Å²) in [5, 5.41) is 11.2. The predicted octanol–water partition coefficient (Wildman–Crippen LogP) is 6.00. The van der Waals surface area contributed by atoms with Gasteiger partial charge in [0.2, 0.25) is 5.91 Å². The first-order valence-electron chi connectivity index (χ1n) is 21.4. The van der Waals surface area contributed by atoms with Gasteiger partial charge in [-0.25, -0.2) is 0 Å². The average molecular weight is 796 g/mol. The Bertz CT molecular complexity index is 766. The van der Waals surface area contributed by atoms with Crippen LogP contribution in [0.25, 0.3) is 0 Å². The molecule has 0 radical (unpaired) electrons. The molecule has 2 N–H and O–H groups in total. The normalized spacial score (nSPS) is 11.4. The molecule has 1 amide bonds. The quantitative estimate of drug-likeness (QED) is 0.0691. The van der Waals surface area contributed by atoms with E-state index in [1.807, 2.05) is 0 Å². The third-order valence-corrected chi connectivity index (χ3v) is 8.34. The highest BCUT2D eigenvalue weighted by molar-refractivity contribution is 5.80. The fourth-order valence-corrected chi connectivity index (χ4v) is 5.19. The van der Waals surface area contributed by atoms with Gasteiger partial charge in [-0.2, -0.15) is 0 Å². The van der Waals surface area contributed by atoms with E-state index in [4.69, 9.17) is 52.5 Å². The molecule has 0 saturated heterocycles. The molecule has 14 nitrogen and oxygen atoms in total. The predicted molar refractivity (Wildman–Crippen MR) is 213 cm³/mol. The number of hydrogen-bond acceptors (Lipinski definition) is 12. The second-order valence-electron chi connectivity index (χ2n) is 13.3. The van der Waals surface area contributed by atoms with Crippen molar-refractivity contribution in [2.45, 2.75) is 116 Å². The number of carboxylic acids is 1. The largest absolute Gasteiger partial charge is 0.481 e. The van der Waals surface area contributed by atoms with E-state index in [2.05, 4.69) is 12.2 Å². The van der Waals surface area contributed by atoms with Crippen LogP contribution >= 0.6 is 0 Å². The first-order chi connectivity index (χ1) is 27.2. The molecule has 0 spiro atoms. The molecule has 55 heavy (non-hydrogen) atoms. The Hall–Kier alpha value is -1.46. The molecule has 0 atom stereocenters. The second kappa shape index (κ2) is 48.7. The third-order valence-electron chi connectivity index (χ3n) is 8.34. The van der Waals surface area contributed by atoms with Crippen LogP contribution in [0.1, 0.15) is 116 Å². The molecule has 0 heterocycles. The second-order valence-corrected chi connectivity index (χ2v) is 13.3. The molecule has 14 heteroatoms. The van der Waals surface area contributed by atoms with Crippen molar-refractivity contribution in [3.05, 3.63) is 0 Å². The van der Waals surface area contributed by atoms with E-state index in [-0.39, 0.29) is 18.7 Å². The minimum atomic E-state index is -0.980. The smallest absolute Gasteiger partial charge is 0.303 e. The van der Waals surface area contributed by atoms with Gasteiger partial charge in [0, 0.05) is 26.2 Å². The maximum absolute atomic E-state index is 11.4. The van der Waals surface area contributed by atoms with Gasteiger partial charge in [-0.15, -0.1) is 0 Å². The standard InChI is InChI=1S/C41H81NO13/c1-2-3-4-5-6-7-8-9-10-11-12-13-14-15-20-46-22-24-48-26-28-50-30-32-52-34-36-54-38-39-55-37-35-53-33-31-51-29-27-49-25-23-47-21-16-19-42-40(43)17-18-41(44)45/h2-39H2,1H3,(H,42,43)(H,44,45). The highest BCUT2D eigenvalue weighted by Gasteiger charge is 2.04. The molecule has 0 fully saturated rings. The van der Waals surface area contributed by atoms with Crippen molar-refractivity contribution in [1.82, 2.24) is 5.32 Å². The van der Waals surface area contributed by atoms with Gasteiger partial charge in [0.1, 0.15) is 0 Å². The fraction of sp³-hybridized carbons (Fsp3) is 0.951. The van der Waals surface area contributed by atoms with Crippen LogP contribution in [0.4, 0.5) is 0 Å². The summed E-state index contributed by atoms with van der Waals surface area (Å²) in [6, 6.07) is 0. The van der Waals surface area contributed by atoms with Gasteiger partial charge in [-0.1, -0.05) is 90.4 Å². The van der Waals surface area contributed by atoms with E-state index < -0.39 is 5.97 Å².